The molecule has 0 spiro atoms. The molecule has 15 heteroatoms. The van der Waals surface area contributed by atoms with Crippen molar-refractivity contribution < 1.29 is 70.7 Å². The number of amides is 2. The largest absolute Gasteiger partial charge is 0.524 e. The van der Waals surface area contributed by atoms with E-state index in [-0.39, 0.29) is 68.0 Å². The van der Waals surface area contributed by atoms with Crippen LogP contribution in [0.1, 0.15) is 53.6 Å². The fourth-order valence-corrected chi connectivity index (χ4v) is 8.50. The average molecular weight is 918 g/mol. The predicted molar refractivity (Wildman–Crippen MR) is 228 cm³/mol. The van der Waals surface area contributed by atoms with E-state index in [4.69, 9.17) is 28.4 Å². The Morgan fingerprint density at radius 3 is 1.47 bits per heavy atom. The second-order valence-electron chi connectivity index (χ2n) is 13.2. The zero-order valence-corrected chi connectivity index (χ0v) is 39.0. The Balaban J connectivity index is 0.000000257. The monoisotopic (exact) mass is 917 g/mol. The SMILES string of the molecule is COc1cc2c(c(OC)c1OC)-c1ccc(SC)c(=O)cc1[C@@H](N[C-]=O)CC2.[CH2-]CC(=O)NC1CCc2cc(OC)c(OC)c(OC)c2-c2ccc(SC)c(=O)cc21.[Y]. The number of nitrogens with one attached hydrogen (secondary N) is 2. The van der Waals surface area contributed by atoms with Crippen LogP contribution in [-0.2, 0) is 55.1 Å². The van der Waals surface area contributed by atoms with Gasteiger partial charge in [0.15, 0.2) is 39.8 Å². The number of benzene rings is 2. The van der Waals surface area contributed by atoms with Crippen LogP contribution in [0.25, 0.3) is 22.3 Å². The van der Waals surface area contributed by atoms with Crippen LogP contribution >= 0.6 is 23.5 Å². The quantitative estimate of drug-likeness (QED) is 0.0867. The maximum Gasteiger partial charge on any atom is 0.203 e. The Morgan fingerprint density at radius 1 is 0.678 bits per heavy atom. The Morgan fingerprint density at radius 2 is 1.10 bits per heavy atom. The van der Waals surface area contributed by atoms with Gasteiger partial charge in [-0.15, -0.1) is 29.9 Å². The number of carbonyl (C=O) groups is 1. The summed E-state index contributed by atoms with van der Waals surface area (Å²) in [7, 11) is 9.44. The molecule has 6 rings (SSSR count). The van der Waals surface area contributed by atoms with Crippen molar-refractivity contribution in [2.24, 2.45) is 0 Å². The zero-order chi connectivity index (χ0) is 42.1. The molecule has 0 heterocycles. The van der Waals surface area contributed by atoms with Crippen LogP contribution in [0.5, 0.6) is 34.5 Å². The van der Waals surface area contributed by atoms with E-state index in [1.165, 1.54) is 23.5 Å². The van der Waals surface area contributed by atoms with Crippen molar-refractivity contribution in [3.05, 3.63) is 98.2 Å². The van der Waals surface area contributed by atoms with Gasteiger partial charge in [0.25, 0.3) is 0 Å². The maximum absolute atomic E-state index is 12.8. The molecule has 0 saturated carbocycles. The summed E-state index contributed by atoms with van der Waals surface area (Å²) in [6, 6.07) is 13.9. The third-order valence-corrected chi connectivity index (χ3v) is 11.8. The van der Waals surface area contributed by atoms with Gasteiger partial charge in [-0.05, 0) is 108 Å². The maximum atomic E-state index is 12.8. The zero-order valence-electron chi connectivity index (χ0n) is 34.5. The summed E-state index contributed by atoms with van der Waals surface area (Å²) in [5.41, 5.74) is 6.64. The Kier molecular flexibility index (Phi) is 17.6. The minimum atomic E-state index is -0.337. The summed E-state index contributed by atoms with van der Waals surface area (Å²) in [6.07, 6.45) is 8.20. The fraction of sp³-hybridized carbons (Fsp3) is 0.341. The van der Waals surface area contributed by atoms with Gasteiger partial charge in [-0.2, -0.15) is 6.41 Å². The molecule has 0 fully saturated rings. The summed E-state index contributed by atoms with van der Waals surface area (Å²) >= 11 is 2.78. The second kappa shape index (κ2) is 21.9. The summed E-state index contributed by atoms with van der Waals surface area (Å²) in [6.45, 7) is 3.67. The van der Waals surface area contributed by atoms with Gasteiger partial charge < -0.3 is 50.8 Å². The molecule has 59 heavy (non-hydrogen) atoms. The van der Waals surface area contributed by atoms with E-state index < -0.39 is 0 Å². The summed E-state index contributed by atoms with van der Waals surface area (Å²) in [4.78, 5) is 50.0. The van der Waals surface area contributed by atoms with Crippen molar-refractivity contribution in [2.45, 2.75) is 54.0 Å². The van der Waals surface area contributed by atoms with Crippen LogP contribution < -0.4 is 49.9 Å². The van der Waals surface area contributed by atoms with E-state index in [1.807, 2.05) is 42.8 Å². The standard InChI is InChI=1S/C23H26NO5S.C21H22NO5S.Y/c1-6-20(26)24-16-9-7-13-11-18(27-2)22(28-3)23(29-4)21(13)14-8-10-19(30-5)17(25)12-15(14)16;1-25-17-9-12-5-7-15(22-11-23)14-10-16(24)18(28-4)8-6-13(14)19(12)21(27-3)20(17)26-2;/h8,10-12,16H,1,6-7,9H2,2-5H3,(H,24,26);6,8-10,15H,5,7H2,1-4H3,(H,22,23);/q2*-1;/t;15-;/m.0./s1. The van der Waals surface area contributed by atoms with Crippen molar-refractivity contribution in [2.75, 3.05) is 55.2 Å². The number of methoxy groups -OCH3 is 6. The topological polar surface area (TPSA) is 148 Å². The van der Waals surface area contributed by atoms with Crippen LogP contribution in [0, 0.1) is 6.92 Å². The molecular weight excluding hydrogens is 870 g/mol. The Bertz CT molecular complexity index is 2310. The molecule has 4 aromatic carbocycles. The molecule has 2 aliphatic rings. The van der Waals surface area contributed by atoms with Gasteiger partial charge in [0.05, 0.1) is 58.5 Å². The number of carbonyl (C=O) groups excluding carboxylic acids is 2. The smallest absolute Gasteiger partial charge is 0.203 e. The van der Waals surface area contributed by atoms with Crippen LogP contribution in [0.4, 0.5) is 0 Å². The molecule has 0 bridgehead atoms. The molecule has 4 aromatic rings. The number of fused-ring (bicyclic) bond motifs is 6. The van der Waals surface area contributed by atoms with Gasteiger partial charge in [0, 0.05) is 49.9 Å². The number of aryl methyl sites for hydroxylation is 2. The first-order valence-corrected chi connectivity index (χ1v) is 20.8. The van der Waals surface area contributed by atoms with Crippen molar-refractivity contribution >= 4 is 35.8 Å². The molecule has 0 saturated heterocycles. The summed E-state index contributed by atoms with van der Waals surface area (Å²) < 4.78 is 33.6. The molecule has 2 atom stereocenters. The van der Waals surface area contributed by atoms with Crippen LogP contribution in [0.3, 0.4) is 0 Å². The van der Waals surface area contributed by atoms with Crippen molar-refractivity contribution in [1.29, 1.82) is 0 Å². The molecule has 0 aliphatic heterocycles. The minimum absolute atomic E-state index is 0. The molecule has 1 radical (unpaired) electrons. The third-order valence-electron chi connectivity index (χ3n) is 10.2. The van der Waals surface area contributed by atoms with Gasteiger partial charge in [0.1, 0.15) is 0 Å². The molecule has 0 aromatic heterocycles. The Labute approximate surface area is 378 Å². The molecular formula is C44H48N2O10S2Y-2. The third kappa shape index (κ3) is 9.88. The van der Waals surface area contributed by atoms with Gasteiger partial charge in [0.2, 0.25) is 11.5 Å². The first kappa shape index (κ1) is 47.4. The van der Waals surface area contributed by atoms with E-state index in [0.29, 0.717) is 70.0 Å². The van der Waals surface area contributed by atoms with Crippen molar-refractivity contribution in [3.8, 4) is 56.8 Å². The molecule has 311 valence electrons. The fourth-order valence-electron chi connectivity index (χ4n) is 7.57. The van der Waals surface area contributed by atoms with Gasteiger partial charge in [-0.3, -0.25) is 14.4 Å². The molecule has 2 N–H and O–H groups in total. The van der Waals surface area contributed by atoms with Crippen LogP contribution in [-0.4, -0.2) is 67.5 Å². The van der Waals surface area contributed by atoms with Crippen LogP contribution in [0.15, 0.2) is 67.9 Å². The number of hydrogen-bond acceptors (Lipinski definition) is 12. The van der Waals surface area contributed by atoms with Crippen molar-refractivity contribution in [3.63, 3.8) is 0 Å². The summed E-state index contributed by atoms with van der Waals surface area (Å²) in [5.74, 6) is 3.04. The molecule has 12 nitrogen and oxygen atoms in total. The van der Waals surface area contributed by atoms with E-state index in [9.17, 15) is 19.2 Å². The Hall–Kier alpha value is -4.24. The first-order chi connectivity index (χ1) is 28.1. The van der Waals surface area contributed by atoms with E-state index in [0.717, 1.165) is 44.5 Å². The molecule has 2 amide bonds. The van der Waals surface area contributed by atoms with Gasteiger partial charge >= 0.3 is 0 Å². The molecule has 2 aliphatic carbocycles. The number of thioether (sulfide) groups is 2. The number of rotatable bonds is 12. The van der Waals surface area contributed by atoms with E-state index in [2.05, 4.69) is 17.6 Å². The van der Waals surface area contributed by atoms with Crippen molar-refractivity contribution in [1.82, 2.24) is 10.6 Å². The van der Waals surface area contributed by atoms with E-state index in [1.54, 1.807) is 67.3 Å². The molecule has 1 unspecified atom stereocenters. The average Bonchev–Trinajstić information content (AvgIpc) is 3.64. The van der Waals surface area contributed by atoms with E-state index >= 15 is 0 Å². The minimum Gasteiger partial charge on any atom is -0.524 e. The number of hydrogen-bond donors (Lipinski definition) is 2. The summed E-state index contributed by atoms with van der Waals surface area (Å²) in [5, 5.41) is 5.76. The second-order valence-corrected chi connectivity index (χ2v) is 14.9. The van der Waals surface area contributed by atoms with Crippen LogP contribution in [0.2, 0.25) is 0 Å². The normalized spacial score (nSPS) is 14.6. The number of ether oxygens (including phenoxy) is 6. The first-order valence-electron chi connectivity index (χ1n) is 18.4. The predicted octanol–water partition coefficient (Wildman–Crippen LogP) is 6.89. The van der Waals surface area contributed by atoms with Gasteiger partial charge in [-0.25, -0.2) is 0 Å². The van der Waals surface area contributed by atoms with Gasteiger partial charge in [-0.1, -0.05) is 12.1 Å².